The summed E-state index contributed by atoms with van der Waals surface area (Å²) >= 11 is 0. The fourth-order valence-electron chi connectivity index (χ4n) is 3.60. The Hall–Kier alpha value is -0.460. The van der Waals surface area contributed by atoms with E-state index in [0.717, 1.165) is 12.8 Å². The third-order valence-corrected chi connectivity index (χ3v) is 5.29. The molecule has 0 bridgehead atoms. The Kier molecular flexibility index (Phi) is 15.0. The lowest BCUT2D eigenvalue weighted by atomic mass is 10.0. The monoisotopic (exact) mass is 386 g/mol. The van der Waals surface area contributed by atoms with Gasteiger partial charge in [-0.15, -0.1) is 0 Å². The van der Waals surface area contributed by atoms with Crippen molar-refractivity contribution in [2.45, 2.75) is 108 Å². The molecule has 5 heteroatoms. The number of aliphatic hydroxyl groups excluding tert-OH is 3. The van der Waals surface area contributed by atoms with Gasteiger partial charge in [-0.25, -0.2) is 0 Å². The van der Waals surface area contributed by atoms with Gasteiger partial charge in [-0.3, -0.25) is 0 Å². The van der Waals surface area contributed by atoms with Crippen molar-refractivity contribution in [1.29, 1.82) is 0 Å². The molecule has 0 aromatic carbocycles. The molecule has 0 radical (unpaired) electrons. The van der Waals surface area contributed by atoms with E-state index in [4.69, 9.17) is 14.6 Å². The zero-order chi connectivity index (χ0) is 19.7. The van der Waals surface area contributed by atoms with E-state index in [-0.39, 0.29) is 13.2 Å². The second-order valence-electron chi connectivity index (χ2n) is 7.70. The van der Waals surface area contributed by atoms with Gasteiger partial charge in [-0.05, 0) is 26.2 Å². The molecule has 0 unspecified atom stereocenters. The Balaban J connectivity index is 1.87. The van der Waals surface area contributed by atoms with Crippen molar-refractivity contribution in [2.75, 3.05) is 19.8 Å². The number of hydrogen-bond acceptors (Lipinski definition) is 5. The highest BCUT2D eigenvalue weighted by atomic mass is 16.6. The molecule has 0 aromatic heterocycles. The second-order valence-corrected chi connectivity index (χ2v) is 7.70. The van der Waals surface area contributed by atoms with Crippen molar-refractivity contribution in [1.82, 2.24) is 0 Å². The smallest absolute Gasteiger partial charge is 0.114 e. The molecular weight excluding hydrogens is 344 g/mol. The zero-order valence-corrected chi connectivity index (χ0v) is 17.2. The largest absolute Gasteiger partial charge is 0.394 e. The minimum Gasteiger partial charge on any atom is -0.394 e. The highest BCUT2D eigenvalue weighted by Crippen LogP contribution is 2.21. The van der Waals surface area contributed by atoms with Gasteiger partial charge in [0.2, 0.25) is 0 Å². The molecule has 0 saturated carbocycles. The number of unbranched alkanes of at least 4 members (excludes halogenated alkanes) is 11. The molecule has 1 aliphatic rings. The quantitative estimate of drug-likeness (QED) is 0.262. The molecule has 1 aliphatic heterocycles. The molecule has 1 saturated heterocycles. The second kappa shape index (κ2) is 16.5. The number of allylic oxidation sites excluding steroid dienone is 2. The van der Waals surface area contributed by atoms with Crippen LogP contribution >= 0.6 is 0 Å². The summed E-state index contributed by atoms with van der Waals surface area (Å²) in [6.07, 6.45) is 16.8. The molecule has 4 atom stereocenters. The summed E-state index contributed by atoms with van der Waals surface area (Å²) in [5, 5.41) is 28.6. The van der Waals surface area contributed by atoms with Crippen molar-refractivity contribution in [3.05, 3.63) is 12.2 Å². The van der Waals surface area contributed by atoms with Gasteiger partial charge in [-0.2, -0.15) is 0 Å². The van der Waals surface area contributed by atoms with E-state index >= 15 is 0 Å². The van der Waals surface area contributed by atoms with E-state index in [9.17, 15) is 10.2 Å². The first-order chi connectivity index (χ1) is 13.2. The highest BCUT2D eigenvalue weighted by molar-refractivity contribution is 4.89. The Bertz CT molecular complexity index is 361. The fraction of sp³-hybridized carbons (Fsp3) is 0.909. The lowest BCUT2D eigenvalue weighted by Gasteiger charge is -2.23. The molecule has 0 aliphatic carbocycles. The van der Waals surface area contributed by atoms with Crippen molar-refractivity contribution >= 4 is 0 Å². The summed E-state index contributed by atoms with van der Waals surface area (Å²) in [7, 11) is 0. The lowest BCUT2D eigenvalue weighted by molar-refractivity contribution is -0.0938. The Morgan fingerprint density at radius 3 is 2.07 bits per heavy atom. The molecule has 3 N–H and O–H groups in total. The molecular formula is C22H42O5. The van der Waals surface area contributed by atoms with E-state index in [0.29, 0.717) is 6.61 Å². The highest BCUT2D eigenvalue weighted by Gasteiger charge is 2.40. The lowest BCUT2D eigenvalue weighted by Crippen LogP contribution is -2.42. The standard InChI is InChI=1S/C22H42O5/c1-2-3-4-5-6-7-8-9-10-11-12-13-14-15-16-26-22-20(25)18-27-21(22)19(24)17-23/h2-3,19-25H,4-18H2,1H3/b3-2+/t19-,20+,21-,22-/m0/s1. The van der Waals surface area contributed by atoms with Gasteiger partial charge >= 0.3 is 0 Å². The molecule has 5 nitrogen and oxygen atoms in total. The zero-order valence-electron chi connectivity index (χ0n) is 17.2. The maximum atomic E-state index is 9.87. The van der Waals surface area contributed by atoms with E-state index in [1.165, 1.54) is 64.2 Å². The SMILES string of the molecule is C/C=C/CCCCCCCCCCCCCO[C@@H]1[C@H]([C@@H](O)CO)OC[C@H]1O. The summed E-state index contributed by atoms with van der Waals surface area (Å²) in [4.78, 5) is 0. The third kappa shape index (κ3) is 11.2. The molecule has 0 aromatic rings. The van der Waals surface area contributed by atoms with Crippen LogP contribution in [-0.4, -0.2) is 59.6 Å². The van der Waals surface area contributed by atoms with Gasteiger partial charge in [0.05, 0.1) is 13.2 Å². The molecule has 1 rings (SSSR count). The summed E-state index contributed by atoms with van der Waals surface area (Å²) in [5.74, 6) is 0. The number of hydrogen-bond donors (Lipinski definition) is 3. The van der Waals surface area contributed by atoms with Crippen molar-refractivity contribution in [3.8, 4) is 0 Å². The fourth-order valence-corrected chi connectivity index (χ4v) is 3.60. The van der Waals surface area contributed by atoms with Crippen LogP contribution in [0.2, 0.25) is 0 Å². The van der Waals surface area contributed by atoms with Gasteiger partial charge in [0.15, 0.2) is 0 Å². The number of aliphatic hydroxyl groups is 3. The maximum Gasteiger partial charge on any atom is 0.114 e. The van der Waals surface area contributed by atoms with Crippen LogP contribution in [0.15, 0.2) is 12.2 Å². The maximum absolute atomic E-state index is 9.87. The molecule has 0 amide bonds. The number of rotatable bonds is 17. The normalized spacial score (nSPS) is 24.1. The molecule has 160 valence electrons. The first kappa shape index (κ1) is 24.6. The minimum atomic E-state index is -1.000. The summed E-state index contributed by atoms with van der Waals surface area (Å²) in [5.41, 5.74) is 0. The molecule has 0 spiro atoms. The Morgan fingerprint density at radius 1 is 0.963 bits per heavy atom. The van der Waals surface area contributed by atoms with Gasteiger partial charge in [0.25, 0.3) is 0 Å². The van der Waals surface area contributed by atoms with Gasteiger partial charge < -0.3 is 24.8 Å². The summed E-state index contributed by atoms with van der Waals surface area (Å²) in [6, 6.07) is 0. The van der Waals surface area contributed by atoms with Crippen molar-refractivity contribution in [2.24, 2.45) is 0 Å². The minimum absolute atomic E-state index is 0.155. The summed E-state index contributed by atoms with van der Waals surface area (Å²) < 4.78 is 11.0. The van der Waals surface area contributed by atoms with Crippen LogP contribution in [-0.2, 0) is 9.47 Å². The summed E-state index contributed by atoms with van der Waals surface area (Å²) in [6.45, 7) is 2.42. The van der Waals surface area contributed by atoms with E-state index in [1.807, 2.05) is 0 Å². The van der Waals surface area contributed by atoms with Crippen LogP contribution in [0.25, 0.3) is 0 Å². The van der Waals surface area contributed by atoms with Crippen molar-refractivity contribution in [3.63, 3.8) is 0 Å². The number of ether oxygens (including phenoxy) is 2. The van der Waals surface area contributed by atoms with Gasteiger partial charge in [0, 0.05) is 6.61 Å². The van der Waals surface area contributed by atoms with Gasteiger partial charge in [-0.1, -0.05) is 69.9 Å². The molecule has 1 fully saturated rings. The third-order valence-electron chi connectivity index (χ3n) is 5.29. The molecule has 1 heterocycles. The van der Waals surface area contributed by atoms with Crippen LogP contribution in [0.3, 0.4) is 0 Å². The van der Waals surface area contributed by atoms with E-state index in [1.54, 1.807) is 0 Å². The van der Waals surface area contributed by atoms with Gasteiger partial charge in [0.1, 0.15) is 24.4 Å². The predicted octanol–water partition coefficient (Wildman–Crippen LogP) is 3.74. The van der Waals surface area contributed by atoms with Crippen LogP contribution in [0.5, 0.6) is 0 Å². The average molecular weight is 387 g/mol. The van der Waals surface area contributed by atoms with Crippen LogP contribution in [0.1, 0.15) is 84.0 Å². The Morgan fingerprint density at radius 2 is 1.52 bits per heavy atom. The van der Waals surface area contributed by atoms with E-state index < -0.39 is 24.4 Å². The average Bonchev–Trinajstić information content (AvgIpc) is 3.04. The van der Waals surface area contributed by atoms with Crippen LogP contribution < -0.4 is 0 Å². The van der Waals surface area contributed by atoms with E-state index in [2.05, 4.69) is 19.1 Å². The first-order valence-electron chi connectivity index (χ1n) is 11.0. The Labute approximate surface area is 165 Å². The topological polar surface area (TPSA) is 79.2 Å². The first-order valence-corrected chi connectivity index (χ1v) is 11.0. The predicted molar refractivity (Wildman–Crippen MR) is 109 cm³/mol. The van der Waals surface area contributed by atoms with Crippen LogP contribution in [0, 0.1) is 0 Å². The van der Waals surface area contributed by atoms with Crippen molar-refractivity contribution < 1.29 is 24.8 Å². The molecule has 27 heavy (non-hydrogen) atoms. The van der Waals surface area contributed by atoms with Crippen LogP contribution in [0.4, 0.5) is 0 Å².